The molecule has 3 nitrogen and oxygen atoms in total. The Labute approximate surface area is 129 Å². The molecule has 1 aliphatic carbocycles. The van der Waals surface area contributed by atoms with Crippen LogP contribution in [0.15, 0.2) is 24.3 Å². The number of hydrogen-bond donors (Lipinski definition) is 1. The van der Waals surface area contributed by atoms with E-state index < -0.39 is 0 Å². The topological polar surface area (TPSA) is 38.5 Å². The minimum Gasteiger partial charge on any atom is -0.494 e. The third-order valence-electron chi connectivity index (χ3n) is 4.85. The highest BCUT2D eigenvalue weighted by Gasteiger charge is 2.26. The molecule has 21 heavy (non-hydrogen) atoms. The van der Waals surface area contributed by atoms with Crippen LogP contribution in [0.1, 0.15) is 51.1 Å². The number of likely N-dealkylation sites (N-methyl/N-ethyl adjacent to an activating group) is 1. The second kappa shape index (κ2) is 7.81. The Balaban J connectivity index is 2.03. The van der Waals surface area contributed by atoms with E-state index in [0.717, 1.165) is 11.7 Å². The van der Waals surface area contributed by atoms with Gasteiger partial charge < -0.3 is 10.5 Å². The SMILES string of the molecule is CCOc1ccc(C(CN)N(C)C2CCC(C)CC2)cc1. The molecule has 0 aliphatic heterocycles. The Morgan fingerprint density at radius 3 is 2.33 bits per heavy atom. The van der Waals surface area contributed by atoms with Gasteiger partial charge in [-0.3, -0.25) is 4.90 Å². The lowest BCUT2D eigenvalue weighted by Crippen LogP contribution is -2.40. The van der Waals surface area contributed by atoms with Gasteiger partial charge in [-0.15, -0.1) is 0 Å². The first kappa shape index (κ1) is 16.3. The molecule has 1 aromatic carbocycles. The van der Waals surface area contributed by atoms with Crippen LogP contribution < -0.4 is 10.5 Å². The minimum atomic E-state index is 0.305. The van der Waals surface area contributed by atoms with Crippen molar-refractivity contribution in [3.05, 3.63) is 29.8 Å². The predicted molar refractivity (Wildman–Crippen MR) is 88.6 cm³/mol. The second-order valence-electron chi connectivity index (χ2n) is 6.33. The lowest BCUT2D eigenvalue weighted by molar-refractivity contribution is 0.126. The van der Waals surface area contributed by atoms with Crippen molar-refractivity contribution in [1.82, 2.24) is 4.90 Å². The first-order valence-electron chi connectivity index (χ1n) is 8.30. The van der Waals surface area contributed by atoms with Crippen LogP contribution in [0.25, 0.3) is 0 Å². The molecule has 2 N–H and O–H groups in total. The summed E-state index contributed by atoms with van der Waals surface area (Å²) in [5, 5.41) is 0. The zero-order valence-corrected chi connectivity index (χ0v) is 13.7. The first-order valence-corrected chi connectivity index (χ1v) is 8.30. The second-order valence-corrected chi connectivity index (χ2v) is 6.33. The summed E-state index contributed by atoms with van der Waals surface area (Å²) in [6, 6.07) is 9.39. The van der Waals surface area contributed by atoms with Gasteiger partial charge in [0, 0.05) is 18.6 Å². The van der Waals surface area contributed by atoms with Crippen molar-refractivity contribution in [2.45, 2.75) is 51.6 Å². The molecule has 1 unspecified atom stereocenters. The molecule has 1 aromatic rings. The number of rotatable bonds is 6. The van der Waals surface area contributed by atoms with Gasteiger partial charge in [-0.2, -0.15) is 0 Å². The lowest BCUT2D eigenvalue weighted by atomic mass is 9.86. The fraction of sp³-hybridized carbons (Fsp3) is 0.667. The van der Waals surface area contributed by atoms with E-state index in [1.807, 2.05) is 6.92 Å². The summed E-state index contributed by atoms with van der Waals surface area (Å²) >= 11 is 0. The van der Waals surface area contributed by atoms with Gasteiger partial charge in [-0.25, -0.2) is 0 Å². The smallest absolute Gasteiger partial charge is 0.119 e. The van der Waals surface area contributed by atoms with Crippen molar-refractivity contribution < 1.29 is 4.74 Å². The van der Waals surface area contributed by atoms with Crippen LogP contribution in [0.3, 0.4) is 0 Å². The van der Waals surface area contributed by atoms with Crippen LogP contribution in [0.4, 0.5) is 0 Å². The molecule has 1 fully saturated rings. The third kappa shape index (κ3) is 4.21. The molecule has 1 aliphatic rings. The normalized spacial score (nSPS) is 24.0. The van der Waals surface area contributed by atoms with Gasteiger partial charge in [0.25, 0.3) is 0 Å². The average Bonchev–Trinajstić information content (AvgIpc) is 2.50. The predicted octanol–water partition coefficient (Wildman–Crippen LogP) is 3.60. The van der Waals surface area contributed by atoms with E-state index in [2.05, 4.69) is 43.1 Å². The lowest BCUT2D eigenvalue weighted by Gasteiger charge is -2.38. The highest BCUT2D eigenvalue weighted by atomic mass is 16.5. The van der Waals surface area contributed by atoms with E-state index in [9.17, 15) is 0 Å². The van der Waals surface area contributed by atoms with Gasteiger partial charge in [0.2, 0.25) is 0 Å². The van der Waals surface area contributed by atoms with Crippen molar-refractivity contribution in [2.24, 2.45) is 11.7 Å². The zero-order valence-electron chi connectivity index (χ0n) is 13.7. The Morgan fingerprint density at radius 1 is 1.19 bits per heavy atom. The maximum Gasteiger partial charge on any atom is 0.119 e. The summed E-state index contributed by atoms with van der Waals surface area (Å²) in [4.78, 5) is 2.49. The Kier molecular flexibility index (Phi) is 6.07. The van der Waals surface area contributed by atoms with E-state index in [1.54, 1.807) is 0 Å². The summed E-state index contributed by atoms with van der Waals surface area (Å²) in [5.41, 5.74) is 7.36. The maximum absolute atomic E-state index is 6.06. The highest BCUT2D eigenvalue weighted by Crippen LogP contribution is 2.31. The van der Waals surface area contributed by atoms with Gasteiger partial charge in [0.15, 0.2) is 0 Å². The van der Waals surface area contributed by atoms with E-state index in [-0.39, 0.29) is 0 Å². The molecule has 1 atom stereocenters. The number of hydrogen-bond acceptors (Lipinski definition) is 3. The molecule has 1 saturated carbocycles. The number of nitrogens with two attached hydrogens (primary N) is 1. The Morgan fingerprint density at radius 2 is 1.81 bits per heavy atom. The van der Waals surface area contributed by atoms with E-state index in [4.69, 9.17) is 10.5 Å². The van der Waals surface area contributed by atoms with Crippen LogP contribution >= 0.6 is 0 Å². The molecular weight excluding hydrogens is 260 g/mol. The molecule has 0 saturated heterocycles. The number of ether oxygens (including phenoxy) is 1. The van der Waals surface area contributed by atoms with E-state index >= 15 is 0 Å². The third-order valence-corrected chi connectivity index (χ3v) is 4.85. The first-order chi connectivity index (χ1) is 10.2. The van der Waals surface area contributed by atoms with Crippen LogP contribution in [0, 0.1) is 5.92 Å². The summed E-state index contributed by atoms with van der Waals surface area (Å²) < 4.78 is 5.52. The van der Waals surface area contributed by atoms with Crippen LogP contribution in [0.2, 0.25) is 0 Å². The largest absolute Gasteiger partial charge is 0.494 e. The van der Waals surface area contributed by atoms with Gasteiger partial charge in [-0.1, -0.05) is 19.1 Å². The van der Waals surface area contributed by atoms with Gasteiger partial charge in [0.05, 0.1) is 6.61 Å². The van der Waals surface area contributed by atoms with Gasteiger partial charge in [0.1, 0.15) is 5.75 Å². The summed E-state index contributed by atoms with van der Waals surface area (Å²) in [7, 11) is 2.23. The fourth-order valence-electron chi connectivity index (χ4n) is 3.39. The standard InChI is InChI=1S/C18H30N2O/c1-4-21-17-11-7-15(8-12-17)18(13-19)20(3)16-9-5-14(2)6-10-16/h7-8,11-12,14,16,18H,4-6,9-10,13,19H2,1-3H3. The molecule has 0 amide bonds. The molecule has 0 heterocycles. The molecule has 0 aromatic heterocycles. The fourth-order valence-corrected chi connectivity index (χ4v) is 3.39. The Bertz CT molecular complexity index is 410. The van der Waals surface area contributed by atoms with Gasteiger partial charge >= 0.3 is 0 Å². The van der Waals surface area contributed by atoms with Crippen molar-refractivity contribution in [2.75, 3.05) is 20.2 Å². The molecule has 0 bridgehead atoms. The quantitative estimate of drug-likeness (QED) is 0.870. The molecule has 2 rings (SSSR count). The number of nitrogens with zero attached hydrogens (tertiary/aromatic N) is 1. The molecule has 3 heteroatoms. The average molecular weight is 290 g/mol. The summed E-state index contributed by atoms with van der Waals surface area (Å²) in [6.07, 6.45) is 5.28. The highest BCUT2D eigenvalue weighted by molar-refractivity contribution is 5.29. The minimum absolute atomic E-state index is 0.305. The molecule has 118 valence electrons. The zero-order chi connectivity index (χ0) is 15.2. The van der Waals surface area contributed by atoms with Crippen LogP contribution in [-0.4, -0.2) is 31.1 Å². The van der Waals surface area contributed by atoms with Crippen molar-refractivity contribution in [3.8, 4) is 5.75 Å². The van der Waals surface area contributed by atoms with Crippen molar-refractivity contribution >= 4 is 0 Å². The summed E-state index contributed by atoms with van der Waals surface area (Å²) in [6.45, 7) is 5.74. The van der Waals surface area contributed by atoms with E-state index in [0.29, 0.717) is 25.2 Å². The van der Waals surface area contributed by atoms with Crippen molar-refractivity contribution in [1.29, 1.82) is 0 Å². The molecule has 0 spiro atoms. The maximum atomic E-state index is 6.06. The molecular formula is C18H30N2O. The summed E-state index contributed by atoms with van der Waals surface area (Å²) in [5.74, 6) is 1.82. The van der Waals surface area contributed by atoms with E-state index in [1.165, 1.54) is 31.2 Å². The Hall–Kier alpha value is -1.06. The number of benzene rings is 1. The van der Waals surface area contributed by atoms with Crippen molar-refractivity contribution in [3.63, 3.8) is 0 Å². The molecule has 0 radical (unpaired) electrons. The monoisotopic (exact) mass is 290 g/mol. The van der Waals surface area contributed by atoms with Crippen LogP contribution in [-0.2, 0) is 0 Å². The van der Waals surface area contributed by atoms with Gasteiger partial charge in [-0.05, 0) is 63.3 Å². The van der Waals surface area contributed by atoms with Crippen LogP contribution in [0.5, 0.6) is 5.75 Å².